The molecule has 1 amide bonds. The lowest BCUT2D eigenvalue weighted by Gasteiger charge is -2.13. The molecule has 4 nitrogen and oxygen atoms in total. The van der Waals surface area contributed by atoms with Crippen molar-refractivity contribution in [3.63, 3.8) is 0 Å². The van der Waals surface area contributed by atoms with Gasteiger partial charge in [0.2, 0.25) is 0 Å². The molecular weight excluding hydrogens is 367 g/mol. The number of nitrogens with one attached hydrogen (secondary N) is 1. The second-order valence-electron chi connectivity index (χ2n) is 4.91. The van der Waals surface area contributed by atoms with Gasteiger partial charge < -0.3 is 5.32 Å². The van der Waals surface area contributed by atoms with Gasteiger partial charge in [0.1, 0.15) is 0 Å². The van der Waals surface area contributed by atoms with Crippen molar-refractivity contribution in [1.29, 1.82) is 0 Å². The van der Waals surface area contributed by atoms with E-state index >= 15 is 0 Å². The lowest BCUT2D eigenvalue weighted by molar-refractivity contribution is -0.137. The number of hydrogen-bond donors (Lipinski definition) is 1. The molecule has 0 aromatic heterocycles. The van der Waals surface area contributed by atoms with Gasteiger partial charge in [0.05, 0.1) is 26.7 Å². The Labute approximate surface area is 141 Å². The van der Waals surface area contributed by atoms with Gasteiger partial charge in [-0.25, -0.2) is 8.42 Å². The predicted molar refractivity (Wildman–Crippen MR) is 84.0 cm³/mol. The Kier molecular flexibility index (Phi) is 4.91. The lowest BCUT2D eigenvalue weighted by Crippen LogP contribution is -2.19. The number of carbonyl (C=O) groups excluding carboxylic acids is 1. The minimum Gasteiger partial charge on any atom is -0.321 e. The summed E-state index contributed by atoms with van der Waals surface area (Å²) in [5.74, 6) is -1.05. The van der Waals surface area contributed by atoms with Crippen LogP contribution in [0, 0.1) is 0 Å². The first kappa shape index (κ1) is 18.3. The molecule has 0 spiro atoms. The summed E-state index contributed by atoms with van der Waals surface area (Å²) < 4.78 is 62.0. The van der Waals surface area contributed by atoms with E-state index in [2.05, 4.69) is 5.32 Å². The zero-order chi connectivity index (χ0) is 18.1. The quantitative estimate of drug-likeness (QED) is 0.878. The molecule has 24 heavy (non-hydrogen) atoms. The van der Waals surface area contributed by atoms with Crippen molar-refractivity contribution in [3.8, 4) is 0 Å². The van der Waals surface area contributed by atoms with Crippen molar-refractivity contribution in [2.45, 2.75) is 11.1 Å². The minimum absolute atomic E-state index is 0.000222. The lowest BCUT2D eigenvalue weighted by atomic mass is 10.1. The highest BCUT2D eigenvalue weighted by Gasteiger charge is 2.34. The Bertz CT molecular complexity index is 895. The molecule has 0 bridgehead atoms. The van der Waals surface area contributed by atoms with Crippen LogP contribution in [0.2, 0.25) is 5.02 Å². The van der Waals surface area contributed by atoms with Crippen molar-refractivity contribution in [2.24, 2.45) is 0 Å². The molecule has 0 unspecified atom stereocenters. The largest absolute Gasteiger partial charge is 0.417 e. The fourth-order valence-corrected chi connectivity index (χ4v) is 2.76. The average molecular weight is 378 g/mol. The second-order valence-corrected chi connectivity index (χ2v) is 7.33. The molecule has 0 saturated carbocycles. The number of rotatable bonds is 3. The number of hydrogen-bond acceptors (Lipinski definition) is 3. The van der Waals surface area contributed by atoms with Gasteiger partial charge in [-0.2, -0.15) is 13.2 Å². The van der Waals surface area contributed by atoms with Gasteiger partial charge in [-0.1, -0.05) is 23.7 Å². The monoisotopic (exact) mass is 377 g/mol. The number of anilines is 1. The molecule has 0 aliphatic heterocycles. The Balaban J connectivity index is 2.42. The van der Waals surface area contributed by atoms with Gasteiger partial charge in [-0.3, -0.25) is 4.79 Å². The standard InChI is InChI=1S/C15H11ClF3NO3S/c1-24(22,23)9-6-7-12(16)13(8-9)20-14(21)10-4-2-3-5-11(10)15(17,18)19/h2-8H,1H3,(H,20,21). The fraction of sp³-hybridized carbons (Fsp3) is 0.133. The van der Waals surface area contributed by atoms with Gasteiger partial charge in [-0.15, -0.1) is 0 Å². The maximum atomic E-state index is 13.0. The van der Waals surface area contributed by atoms with Crippen molar-refractivity contribution in [2.75, 3.05) is 11.6 Å². The number of carbonyl (C=O) groups is 1. The van der Waals surface area contributed by atoms with E-state index in [-0.39, 0.29) is 15.6 Å². The number of halogens is 4. The molecule has 1 N–H and O–H groups in total. The van der Waals surface area contributed by atoms with Crippen molar-refractivity contribution >= 4 is 33.0 Å². The van der Waals surface area contributed by atoms with E-state index in [0.717, 1.165) is 30.5 Å². The molecule has 0 fully saturated rings. The third kappa shape index (κ3) is 4.07. The van der Waals surface area contributed by atoms with E-state index in [0.29, 0.717) is 0 Å². The van der Waals surface area contributed by atoms with Crippen LogP contribution >= 0.6 is 11.6 Å². The van der Waals surface area contributed by atoms with Crippen molar-refractivity contribution in [1.82, 2.24) is 0 Å². The molecule has 0 radical (unpaired) electrons. The Morgan fingerprint density at radius 1 is 1.12 bits per heavy atom. The third-order valence-electron chi connectivity index (χ3n) is 3.09. The molecule has 0 atom stereocenters. The number of benzene rings is 2. The Morgan fingerprint density at radius 3 is 2.33 bits per heavy atom. The molecule has 9 heteroatoms. The molecule has 2 aromatic rings. The van der Waals surface area contributed by atoms with Crippen LogP contribution in [0.3, 0.4) is 0 Å². The first-order chi connectivity index (χ1) is 11.0. The third-order valence-corrected chi connectivity index (χ3v) is 4.53. The second kappa shape index (κ2) is 6.45. The molecule has 2 rings (SSSR count). The first-order valence-corrected chi connectivity index (χ1v) is 8.74. The highest BCUT2D eigenvalue weighted by molar-refractivity contribution is 7.90. The summed E-state index contributed by atoms with van der Waals surface area (Å²) in [6, 6.07) is 7.82. The predicted octanol–water partition coefficient (Wildman–Crippen LogP) is 4.01. The summed E-state index contributed by atoms with van der Waals surface area (Å²) in [5, 5.41) is 2.22. The van der Waals surface area contributed by atoms with Gasteiger partial charge in [0.25, 0.3) is 5.91 Å². The van der Waals surface area contributed by atoms with Crippen LogP contribution in [0.5, 0.6) is 0 Å². The number of amides is 1. The van der Waals surface area contributed by atoms with E-state index in [9.17, 15) is 26.4 Å². The maximum Gasteiger partial charge on any atom is 0.417 e. The molecule has 2 aromatic carbocycles. The maximum absolute atomic E-state index is 13.0. The highest BCUT2D eigenvalue weighted by atomic mass is 35.5. The van der Waals surface area contributed by atoms with Crippen LogP contribution in [0.1, 0.15) is 15.9 Å². The van der Waals surface area contributed by atoms with E-state index in [4.69, 9.17) is 11.6 Å². The topological polar surface area (TPSA) is 63.2 Å². The van der Waals surface area contributed by atoms with Gasteiger partial charge in [0.15, 0.2) is 9.84 Å². The number of sulfone groups is 1. The summed E-state index contributed by atoms with van der Waals surface area (Å²) in [6.45, 7) is 0. The summed E-state index contributed by atoms with van der Waals surface area (Å²) in [4.78, 5) is 12.1. The number of alkyl halides is 3. The van der Waals surface area contributed by atoms with Crippen molar-refractivity contribution in [3.05, 3.63) is 58.6 Å². The van der Waals surface area contributed by atoms with Crippen LogP contribution < -0.4 is 5.32 Å². The molecule has 0 aliphatic rings. The van der Waals surface area contributed by atoms with Gasteiger partial charge >= 0.3 is 6.18 Å². The molecule has 0 heterocycles. The SMILES string of the molecule is CS(=O)(=O)c1ccc(Cl)c(NC(=O)c2ccccc2C(F)(F)F)c1. The smallest absolute Gasteiger partial charge is 0.321 e. The highest BCUT2D eigenvalue weighted by Crippen LogP contribution is 2.33. The summed E-state index contributed by atoms with van der Waals surface area (Å²) >= 11 is 5.88. The minimum atomic E-state index is -4.70. The van der Waals surface area contributed by atoms with Crippen LogP contribution in [-0.4, -0.2) is 20.6 Å². The molecule has 0 aliphatic carbocycles. The van der Waals surface area contributed by atoms with E-state index < -0.39 is 33.0 Å². The average Bonchev–Trinajstić information content (AvgIpc) is 2.47. The first-order valence-electron chi connectivity index (χ1n) is 6.47. The zero-order valence-electron chi connectivity index (χ0n) is 12.2. The van der Waals surface area contributed by atoms with E-state index in [1.165, 1.54) is 18.2 Å². The zero-order valence-corrected chi connectivity index (χ0v) is 13.8. The van der Waals surface area contributed by atoms with Crippen LogP contribution in [0.4, 0.5) is 18.9 Å². The summed E-state index contributed by atoms with van der Waals surface area (Å²) in [6.07, 6.45) is -3.74. The van der Waals surface area contributed by atoms with Crippen LogP contribution in [0.15, 0.2) is 47.4 Å². The Hall–Kier alpha value is -2.06. The normalized spacial score (nSPS) is 12.0. The molecular formula is C15H11ClF3NO3S. The summed E-state index contributed by atoms with van der Waals surface area (Å²) in [5.41, 5.74) is -1.79. The van der Waals surface area contributed by atoms with Gasteiger partial charge in [-0.05, 0) is 30.3 Å². The van der Waals surface area contributed by atoms with Crippen LogP contribution in [-0.2, 0) is 16.0 Å². The van der Waals surface area contributed by atoms with E-state index in [1.54, 1.807) is 0 Å². The molecule has 0 saturated heterocycles. The molecule has 128 valence electrons. The van der Waals surface area contributed by atoms with E-state index in [1.807, 2.05) is 0 Å². The summed E-state index contributed by atoms with van der Waals surface area (Å²) in [7, 11) is -3.56. The van der Waals surface area contributed by atoms with Crippen molar-refractivity contribution < 1.29 is 26.4 Å². The van der Waals surface area contributed by atoms with Gasteiger partial charge in [0, 0.05) is 6.26 Å². The fourth-order valence-electron chi connectivity index (χ4n) is 1.95. The Morgan fingerprint density at radius 2 is 1.75 bits per heavy atom. The van der Waals surface area contributed by atoms with Crippen LogP contribution in [0.25, 0.3) is 0 Å².